The maximum atomic E-state index is 8.81. The first-order valence-electron chi connectivity index (χ1n) is 6.64. The van der Waals surface area contributed by atoms with Gasteiger partial charge in [-0.2, -0.15) is 5.26 Å². The number of hydrogen-bond donors (Lipinski definition) is 0. The van der Waals surface area contributed by atoms with E-state index in [2.05, 4.69) is 11.1 Å². The van der Waals surface area contributed by atoms with Crippen molar-refractivity contribution in [2.24, 2.45) is 0 Å². The zero-order valence-corrected chi connectivity index (χ0v) is 12.3. The summed E-state index contributed by atoms with van der Waals surface area (Å²) in [5.41, 5.74) is 2.26. The van der Waals surface area contributed by atoms with E-state index in [1.165, 1.54) is 0 Å². The fourth-order valence-electron chi connectivity index (χ4n) is 1.99. The molecule has 22 heavy (non-hydrogen) atoms. The molecule has 3 nitrogen and oxygen atoms in total. The second kappa shape index (κ2) is 6.30. The molecular formula is C18H11ClN2O. The van der Waals surface area contributed by atoms with Gasteiger partial charge in [0.15, 0.2) is 0 Å². The Morgan fingerprint density at radius 3 is 2.45 bits per heavy atom. The number of aromatic nitrogens is 1. The summed E-state index contributed by atoms with van der Waals surface area (Å²) < 4.78 is 5.80. The molecule has 0 atom stereocenters. The molecule has 106 valence electrons. The van der Waals surface area contributed by atoms with Gasteiger partial charge in [-0.1, -0.05) is 23.7 Å². The molecule has 0 unspecified atom stereocenters. The molecule has 0 aliphatic rings. The highest BCUT2D eigenvalue weighted by atomic mass is 35.5. The third-order valence-corrected chi connectivity index (χ3v) is 3.32. The van der Waals surface area contributed by atoms with Crippen molar-refractivity contribution in [3.8, 4) is 28.8 Å². The van der Waals surface area contributed by atoms with Crippen LogP contribution in [-0.4, -0.2) is 4.98 Å². The summed E-state index contributed by atoms with van der Waals surface area (Å²) in [6.45, 7) is 0. The topological polar surface area (TPSA) is 45.9 Å². The number of nitrogens with zero attached hydrogens (tertiary/aromatic N) is 2. The Hall–Kier alpha value is -2.83. The summed E-state index contributed by atoms with van der Waals surface area (Å²) in [5.74, 6) is 1.43. The lowest BCUT2D eigenvalue weighted by Gasteiger charge is -2.07. The predicted octanol–water partition coefficient (Wildman–Crippen LogP) is 5.07. The van der Waals surface area contributed by atoms with Crippen LogP contribution < -0.4 is 4.74 Å². The van der Waals surface area contributed by atoms with Crippen molar-refractivity contribution >= 4 is 11.6 Å². The Balaban J connectivity index is 1.85. The van der Waals surface area contributed by atoms with Crippen molar-refractivity contribution in [3.63, 3.8) is 0 Å². The lowest BCUT2D eigenvalue weighted by Crippen LogP contribution is -1.87. The van der Waals surface area contributed by atoms with Gasteiger partial charge in [-0.15, -0.1) is 0 Å². The minimum atomic E-state index is 0.539. The van der Waals surface area contributed by atoms with Gasteiger partial charge in [0.2, 0.25) is 0 Å². The zero-order valence-electron chi connectivity index (χ0n) is 11.5. The van der Waals surface area contributed by atoms with Crippen LogP contribution in [0.25, 0.3) is 11.3 Å². The molecule has 1 aromatic heterocycles. The van der Waals surface area contributed by atoms with Crippen molar-refractivity contribution < 1.29 is 4.74 Å². The molecule has 0 N–H and O–H groups in total. The molecule has 0 radical (unpaired) electrons. The summed E-state index contributed by atoms with van der Waals surface area (Å²) in [4.78, 5) is 4.28. The van der Waals surface area contributed by atoms with Gasteiger partial charge in [-0.3, -0.25) is 4.98 Å². The average Bonchev–Trinajstić information content (AvgIpc) is 2.57. The van der Waals surface area contributed by atoms with Gasteiger partial charge in [0.25, 0.3) is 0 Å². The Morgan fingerprint density at radius 2 is 1.77 bits per heavy atom. The van der Waals surface area contributed by atoms with Crippen molar-refractivity contribution in [2.45, 2.75) is 0 Å². The normalized spacial score (nSPS) is 10.0. The summed E-state index contributed by atoms with van der Waals surface area (Å²) in [7, 11) is 0. The number of ether oxygens (including phenoxy) is 1. The van der Waals surface area contributed by atoms with Crippen LogP contribution in [0.3, 0.4) is 0 Å². The molecule has 1 heterocycles. The number of pyridine rings is 1. The van der Waals surface area contributed by atoms with E-state index in [-0.39, 0.29) is 0 Å². The van der Waals surface area contributed by atoms with Crippen LogP contribution >= 0.6 is 11.6 Å². The van der Waals surface area contributed by atoms with E-state index in [9.17, 15) is 0 Å². The van der Waals surface area contributed by atoms with E-state index >= 15 is 0 Å². The number of halogens is 1. The maximum Gasteiger partial charge on any atom is 0.128 e. The van der Waals surface area contributed by atoms with Crippen LogP contribution in [0.15, 0.2) is 66.9 Å². The maximum absolute atomic E-state index is 8.81. The molecule has 0 aliphatic heterocycles. The fourth-order valence-corrected chi connectivity index (χ4v) is 2.11. The molecule has 0 saturated heterocycles. The van der Waals surface area contributed by atoms with Crippen LogP contribution in [0.2, 0.25) is 5.02 Å². The van der Waals surface area contributed by atoms with E-state index in [1.807, 2.05) is 42.5 Å². The van der Waals surface area contributed by atoms with Crippen molar-refractivity contribution in [1.82, 2.24) is 4.98 Å². The summed E-state index contributed by atoms with van der Waals surface area (Å²) in [6, 6.07) is 20.4. The Labute approximate surface area is 133 Å². The van der Waals surface area contributed by atoms with Gasteiger partial charge in [0.05, 0.1) is 11.3 Å². The van der Waals surface area contributed by atoms with Gasteiger partial charge in [-0.05, 0) is 48.5 Å². The molecule has 0 aliphatic carbocycles. The third kappa shape index (κ3) is 3.25. The molecule has 0 bridgehead atoms. The average molecular weight is 307 g/mol. The number of benzene rings is 2. The molecule has 0 amide bonds. The van der Waals surface area contributed by atoms with Crippen LogP contribution in [-0.2, 0) is 0 Å². The molecular weight excluding hydrogens is 296 g/mol. The van der Waals surface area contributed by atoms with E-state index in [1.54, 1.807) is 24.4 Å². The SMILES string of the molecule is N#Cc1ccc(-c2cccc(Oc3ccc(Cl)cc3)c2)nc1. The third-order valence-electron chi connectivity index (χ3n) is 3.07. The minimum absolute atomic E-state index is 0.539. The van der Waals surface area contributed by atoms with Crippen LogP contribution in [0.5, 0.6) is 11.5 Å². The first-order valence-corrected chi connectivity index (χ1v) is 7.02. The lowest BCUT2D eigenvalue weighted by atomic mass is 10.1. The standard InChI is InChI=1S/C18H11ClN2O/c19-15-5-7-16(8-6-15)22-17-3-1-2-14(10-17)18-9-4-13(11-20)12-21-18/h1-10,12H. The van der Waals surface area contributed by atoms with Crippen molar-refractivity contribution in [3.05, 3.63) is 77.4 Å². The number of rotatable bonds is 3. The molecule has 2 aromatic carbocycles. The van der Waals surface area contributed by atoms with E-state index in [0.717, 1.165) is 11.3 Å². The lowest BCUT2D eigenvalue weighted by molar-refractivity contribution is 0.483. The molecule has 3 rings (SSSR count). The molecule has 4 heteroatoms. The van der Waals surface area contributed by atoms with Gasteiger partial charge < -0.3 is 4.74 Å². The Bertz CT molecular complexity index is 821. The van der Waals surface area contributed by atoms with Crippen molar-refractivity contribution in [2.75, 3.05) is 0 Å². The first kappa shape index (κ1) is 14.1. The highest BCUT2D eigenvalue weighted by molar-refractivity contribution is 6.30. The highest BCUT2D eigenvalue weighted by Crippen LogP contribution is 2.27. The van der Waals surface area contributed by atoms with Crippen LogP contribution in [0.4, 0.5) is 0 Å². The van der Waals surface area contributed by atoms with Gasteiger partial charge in [0.1, 0.15) is 17.6 Å². The summed E-state index contributed by atoms with van der Waals surface area (Å²) in [6.07, 6.45) is 1.56. The Kier molecular flexibility index (Phi) is 4.04. The fraction of sp³-hybridized carbons (Fsp3) is 0. The Morgan fingerprint density at radius 1 is 0.955 bits per heavy atom. The molecule has 0 fully saturated rings. The van der Waals surface area contributed by atoms with Crippen molar-refractivity contribution in [1.29, 1.82) is 5.26 Å². The second-order valence-electron chi connectivity index (χ2n) is 4.63. The van der Waals surface area contributed by atoms with E-state index in [4.69, 9.17) is 21.6 Å². The van der Waals surface area contributed by atoms with Gasteiger partial charge in [0, 0.05) is 16.8 Å². The smallest absolute Gasteiger partial charge is 0.128 e. The monoisotopic (exact) mass is 306 g/mol. The number of nitriles is 1. The molecule has 3 aromatic rings. The summed E-state index contributed by atoms with van der Waals surface area (Å²) in [5, 5.41) is 9.48. The second-order valence-corrected chi connectivity index (χ2v) is 5.06. The van der Waals surface area contributed by atoms with Crippen LogP contribution in [0, 0.1) is 11.3 Å². The van der Waals surface area contributed by atoms with E-state index < -0.39 is 0 Å². The first-order chi connectivity index (χ1) is 10.7. The minimum Gasteiger partial charge on any atom is -0.457 e. The highest BCUT2D eigenvalue weighted by Gasteiger charge is 2.03. The van der Waals surface area contributed by atoms with Crippen LogP contribution in [0.1, 0.15) is 5.56 Å². The zero-order chi connectivity index (χ0) is 15.4. The van der Waals surface area contributed by atoms with Gasteiger partial charge in [-0.25, -0.2) is 0 Å². The largest absolute Gasteiger partial charge is 0.457 e. The summed E-state index contributed by atoms with van der Waals surface area (Å²) >= 11 is 5.86. The predicted molar refractivity (Wildman–Crippen MR) is 85.9 cm³/mol. The van der Waals surface area contributed by atoms with Gasteiger partial charge >= 0.3 is 0 Å². The number of hydrogen-bond acceptors (Lipinski definition) is 3. The van der Waals surface area contributed by atoms with E-state index in [0.29, 0.717) is 22.1 Å². The molecule has 0 saturated carbocycles. The quantitative estimate of drug-likeness (QED) is 0.679. The molecule has 0 spiro atoms.